The van der Waals surface area contributed by atoms with Crippen LogP contribution in [0.1, 0.15) is 56.6 Å². The number of esters is 1. The van der Waals surface area contributed by atoms with E-state index in [9.17, 15) is 14.4 Å². The number of carbonyl (C=O) groups excluding carboxylic acids is 3. The summed E-state index contributed by atoms with van der Waals surface area (Å²) in [5, 5.41) is 8.50. The summed E-state index contributed by atoms with van der Waals surface area (Å²) in [5.41, 5.74) is 2.46. The van der Waals surface area contributed by atoms with Crippen molar-refractivity contribution in [2.45, 2.75) is 57.9 Å². The van der Waals surface area contributed by atoms with Crippen molar-refractivity contribution in [1.29, 1.82) is 0 Å². The lowest BCUT2D eigenvalue weighted by Crippen LogP contribution is -2.52. The SMILES string of the molecule is COC(=O)C(C)(C)NC(=O)[C@H]1CC[C@H](c2ccc(NC(=O)Nc3cc(C)ccc3OC)cc2)CC1. The van der Waals surface area contributed by atoms with Crippen LogP contribution < -0.4 is 20.7 Å². The fraction of sp³-hybridized carbons (Fsp3) is 0.444. The fourth-order valence-corrected chi connectivity index (χ4v) is 4.45. The number of rotatable bonds is 7. The predicted octanol–water partition coefficient (Wildman–Crippen LogP) is 4.99. The van der Waals surface area contributed by atoms with Gasteiger partial charge >= 0.3 is 12.0 Å². The third kappa shape index (κ3) is 6.74. The molecule has 3 rings (SSSR count). The molecule has 2 aromatic carbocycles. The van der Waals surface area contributed by atoms with Crippen LogP contribution in [-0.2, 0) is 14.3 Å². The maximum absolute atomic E-state index is 12.6. The number of methoxy groups -OCH3 is 2. The van der Waals surface area contributed by atoms with Gasteiger partial charge in [-0.05, 0) is 87.8 Å². The van der Waals surface area contributed by atoms with Crippen molar-refractivity contribution in [3.63, 3.8) is 0 Å². The summed E-state index contributed by atoms with van der Waals surface area (Å²) in [6, 6.07) is 13.1. The van der Waals surface area contributed by atoms with Crippen LogP contribution in [0.15, 0.2) is 42.5 Å². The molecule has 3 amide bonds. The molecule has 0 bridgehead atoms. The van der Waals surface area contributed by atoms with Gasteiger partial charge in [0, 0.05) is 11.6 Å². The van der Waals surface area contributed by atoms with Crippen molar-refractivity contribution in [2.24, 2.45) is 5.92 Å². The van der Waals surface area contributed by atoms with Gasteiger partial charge in [0.05, 0.1) is 19.9 Å². The highest BCUT2D eigenvalue weighted by Crippen LogP contribution is 2.36. The van der Waals surface area contributed by atoms with E-state index in [0.29, 0.717) is 23.0 Å². The summed E-state index contributed by atoms with van der Waals surface area (Å²) < 4.78 is 10.1. The van der Waals surface area contributed by atoms with Gasteiger partial charge in [0.2, 0.25) is 5.91 Å². The van der Waals surface area contributed by atoms with E-state index in [2.05, 4.69) is 16.0 Å². The molecule has 0 aliphatic heterocycles. The lowest BCUT2D eigenvalue weighted by atomic mass is 9.78. The van der Waals surface area contributed by atoms with E-state index in [1.165, 1.54) is 12.7 Å². The molecule has 0 atom stereocenters. The largest absolute Gasteiger partial charge is 0.495 e. The van der Waals surface area contributed by atoms with Gasteiger partial charge in [-0.2, -0.15) is 0 Å². The Kier molecular flexibility index (Phi) is 8.38. The molecule has 0 saturated heterocycles. The highest BCUT2D eigenvalue weighted by Gasteiger charge is 2.34. The lowest BCUT2D eigenvalue weighted by Gasteiger charge is -2.31. The quantitative estimate of drug-likeness (QED) is 0.483. The molecule has 1 fully saturated rings. The van der Waals surface area contributed by atoms with Crippen LogP contribution in [-0.4, -0.2) is 37.7 Å². The standard InChI is InChI=1S/C27H35N3O5/c1-17-6-15-23(34-4)22(16-17)29-26(33)28-21-13-11-19(12-14-21)18-7-9-20(10-8-18)24(31)30-27(2,3)25(32)35-5/h6,11-16,18,20H,7-10H2,1-5H3,(H,30,31)(H2,28,29,33)/t18-,20-. The number of urea groups is 1. The van der Waals surface area contributed by atoms with Gasteiger partial charge in [-0.15, -0.1) is 0 Å². The molecule has 0 spiro atoms. The zero-order valence-corrected chi connectivity index (χ0v) is 21.1. The van der Waals surface area contributed by atoms with Crippen LogP contribution in [0.3, 0.4) is 0 Å². The number of hydrogen-bond acceptors (Lipinski definition) is 5. The highest BCUT2D eigenvalue weighted by molar-refractivity contribution is 6.00. The molecule has 1 aliphatic carbocycles. The second-order valence-electron chi connectivity index (χ2n) is 9.56. The summed E-state index contributed by atoms with van der Waals surface area (Å²) in [7, 11) is 2.88. The van der Waals surface area contributed by atoms with E-state index in [0.717, 1.165) is 31.2 Å². The molecule has 0 aromatic heterocycles. The number of anilines is 2. The number of ether oxygens (including phenoxy) is 2. The number of amides is 3. The van der Waals surface area contributed by atoms with Crippen molar-refractivity contribution < 1.29 is 23.9 Å². The van der Waals surface area contributed by atoms with E-state index in [1.54, 1.807) is 21.0 Å². The Balaban J connectivity index is 1.52. The van der Waals surface area contributed by atoms with Gasteiger partial charge in [0.25, 0.3) is 0 Å². The molecule has 188 valence electrons. The van der Waals surface area contributed by atoms with E-state index in [-0.39, 0.29) is 17.9 Å². The molecule has 35 heavy (non-hydrogen) atoms. The summed E-state index contributed by atoms with van der Waals surface area (Å²) in [4.78, 5) is 36.9. The lowest BCUT2D eigenvalue weighted by molar-refractivity contribution is -0.150. The van der Waals surface area contributed by atoms with Crippen molar-refractivity contribution in [1.82, 2.24) is 5.32 Å². The van der Waals surface area contributed by atoms with Crippen molar-refractivity contribution in [3.8, 4) is 5.75 Å². The van der Waals surface area contributed by atoms with E-state index < -0.39 is 11.5 Å². The molecule has 0 heterocycles. The first-order valence-electron chi connectivity index (χ1n) is 11.9. The summed E-state index contributed by atoms with van der Waals surface area (Å²) in [5.74, 6) is 0.277. The first-order chi connectivity index (χ1) is 16.6. The van der Waals surface area contributed by atoms with Gasteiger partial charge in [0.1, 0.15) is 11.3 Å². The Morgan fingerprint density at radius 2 is 1.57 bits per heavy atom. The molecule has 3 N–H and O–H groups in total. The maximum Gasteiger partial charge on any atom is 0.330 e. The second-order valence-corrected chi connectivity index (χ2v) is 9.56. The molecule has 8 heteroatoms. The normalized spacial score (nSPS) is 17.7. The first kappa shape index (κ1) is 26.1. The Morgan fingerprint density at radius 3 is 2.17 bits per heavy atom. The van der Waals surface area contributed by atoms with Gasteiger partial charge < -0.3 is 25.4 Å². The molecule has 0 unspecified atom stereocenters. The molecule has 1 aliphatic rings. The van der Waals surface area contributed by atoms with Gasteiger partial charge in [-0.25, -0.2) is 9.59 Å². The molecular weight excluding hydrogens is 446 g/mol. The summed E-state index contributed by atoms with van der Waals surface area (Å²) >= 11 is 0. The Hall–Kier alpha value is -3.55. The number of aryl methyl sites for hydroxylation is 1. The Bertz CT molecular complexity index is 1060. The molecule has 1 saturated carbocycles. The Morgan fingerprint density at radius 1 is 0.914 bits per heavy atom. The Labute approximate surface area is 206 Å². The fourth-order valence-electron chi connectivity index (χ4n) is 4.45. The third-order valence-electron chi connectivity index (χ3n) is 6.47. The monoisotopic (exact) mass is 481 g/mol. The number of hydrogen-bond donors (Lipinski definition) is 3. The average molecular weight is 482 g/mol. The smallest absolute Gasteiger partial charge is 0.330 e. The second kappa shape index (κ2) is 11.3. The minimum atomic E-state index is -1.04. The highest BCUT2D eigenvalue weighted by atomic mass is 16.5. The van der Waals surface area contributed by atoms with E-state index >= 15 is 0 Å². The third-order valence-corrected chi connectivity index (χ3v) is 6.47. The molecule has 0 radical (unpaired) electrons. The zero-order chi connectivity index (χ0) is 25.6. The van der Waals surface area contributed by atoms with E-state index in [4.69, 9.17) is 9.47 Å². The topological polar surface area (TPSA) is 106 Å². The van der Waals surface area contributed by atoms with E-state index in [1.807, 2.05) is 49.4 Å². The van der Waals surface area contributed by atoms with Crippen LogP contribution >= 0.6 is 0 Å². The summed E-state index contributed by atoms with van der Waals surface area (Å²) in [6.45, 7) is 5.25. The zero-order valence-electron chi connectivity index (χ0n) is 21.1. The van der Waals surface area contributed by atoms with Crippen molar-refractivity contribution in [3.05, 3.63) is 53.6 Å². The van der Waals surface area contributed by atoms with Gasteiger partial charge in [-0.3, -0.25) is 4.79 Å². The first-order valence-corrected chi connectivity index (χ1v) is 11.9. The minimum Gasteiger partial charge on any atom is -0.495 e. The minimum absolute atomic E-state index is 0.102. The number of benzene rings is 2. The van der Waals surface area contributed by atoms with Gasteiger partial charge in [-0.1, -0.05) is 18.2 Å². The maximum atomic E-state index is 12.6. The predicted molar refractivity (Wildman–Crippen MR) is 136 cm³/mol. The van der Waals surface area contributed by atoms with Crippen molar-refractivity contribution in [2.75, 3.05) is 24.9 Å². The van der Waals surface area contributed by atoms with Crippen LogP contribution in [0.4, 0.5) is 16.2 Å². The van der Waals surface area contributed by atoms with Crippen LogP contribution in [0.2, 0.25) is 0 Å². The average Bonchev–Trinajstić information content (AvgIpc) is 2.84. The summed E-state index contributed by atoms with van der Waals surface area (Å²) in [6.07, 6.45) is 3.29. The van der Waals surface area contributed by atoms with Gasteiger partial charge in [0.15, 0.2) is 0 Å². The number of nitrogens with one attached hydrogen (secondary N) is 3. The molecule has 2 aromatic rings. The molecule has 8 nitrogen and oxygen atoms in total. The number of carbonyl (C=O) groups is 3. The van der Waals surface area contributed by atoms with Crippen LogP contribution in [0, 0.1) is 12.8 Å². The molecular formula is C27H35N3O5. The van der Waals surface area contributed by atoms with Crippen molar-refractivity contribution >= 4 is 29.3 Å². The van der Waals surface area contributed by atoms with Crippen LogP contribution in [0.5, 0.6) is 5.75 Å². The van der Waals surface area contributed by atoms with Crippen LogP contribution in [0.25, 0.3) is 0 Å².